The number of benzene rings is 2. The van der Waals surface area contributed by atoms with Gasteiger partial charge >= 0.3 is 12.0 Å². The minimum absolute atomic E-state index is 0.0680. The topological polar surface area (TPSA) is 69.6 Å². The summed E-state index contributed by atoms with van der Waals surface area (Å²) in [4.78, 5) is 7.43. The molecule has 1 aliphatic heterocycles. The van der Waals surface area contributed by atoms with Gasteiger partial charge in [-0.3, -0.25) is 0 Å². The van der Waals surface area contributed by atoms with E-state index in [0.29, 0.717) is 18.7 Å². The Hall–Kier alpha value is -2.84. The van der Waals surface area contributed by atoms with Crippen LogP contribution in [-0.4, -0.2) is 27.8 Å². The van der Waals surface area contributed by atoms with Crippen LogP contribution in [0.2, 0.25) is 0 Å². The van der Waals surface area contributed by atoms with Gasteiger partial charge in [-0.1, -0.05) is 41.6 Å². The first-order chi connectivity index (χ1) is 13.4. The largest absolute Gasteiger partial charge is 0.458 e. The molecule has 1 aliphatic rings. The Morgan fingerprint density at radius 3 is 2.61 bits per heavy atom. The molecule has 1 unspecified atom stereocenters. The molecule has 5 nitrogen and oxygen atoms in total. The van der Waals surface area contributed by atoms with Gasteiger partial charge in [0.25, 0.3) is 0 Å². The number of nitrogens with zero attached hydrogens (tertiary/aromatic N) is 1. The van der Waals surface area contributed by atoms with Crippen LogP contribution in [0.25, 0.3) is 10.9 Å². The number of hydrogen-bond donors (Lipinski definition) is 3. The van der Waals surface area contributed by atoms with Gasteiger partial charge in [0, 0.05) is 30.2 Å². The highest BCUT2D eigenvalue weighted by atomic mass is 19.4. The molecule has 4 rings (SSSR count). The van der Waals surface area contributed by atoms with Crippen LogP contribution >= 0.6 is 0 Å². The Labute approximate surface area is 158 Å². The smallest absolute Gasteiger partial charge is 0.361 e. The van der Waals surface area contributed by atoms with Gasteiger partial charge in [0.05, 0.1) is 12.1 Å². The van der Waals surface area contributed by atoms with Gasteiger partial charge in [-0.25, -0.2) is 0 Å². The summed E-state index contributed by atoms with van der Waals surface area (Å²) >= 11 is 0. The van der Waals surface area contributed by atoms with E-state index in [2.05, 4.69) is 26.4 Å². The van der Waals surface area contributed by atoms with E-state index >= 15 is 0 Å². The average molecular weight is 389 g/mol. The fraction of sp³-hybridized carbons (Fsp3) is 0.250. The molecule has 0 radical (unpaired) electrons. The van der Waals surface area contributed by atoms with Crippen molar-refractivity contribution in [3.05, 3.63) is 71.4 Å². The summed E-state index contributed by atoms with van der Waals surface area (Å²) in [5.41, 5.74) is 3.80. The molecule has 1 atom stereocenters. The molecule has 0 saturated heterocycles. The van der Waals surface area contributed by atoms with Gasteiger partial charge in [-0.15, -0.1) is 0 Å². The number of H-pyrrole nitrogens is 1. The maximum Gasteiger partial charge on any atom is 0.458 e. The molecule has 0 fully saturated rings. The molecular weight excluding hydrogens is 371 g/mol. The second-order valence-electron chi connectivity index (χ2n) is 6.74. The molecular formula is C20H18F3N3O2. The number of rotatable bonds is 5. The SMILES string of the molecule is OC1(C(F)(F)F)CC(c2ccc(CNCc3cccc4[nH]ccc34)cc2)=NO1. The van der Waals surface area contributed by atoms with Crippen LogP contribution in [0.1, 0.15) is 23.1 Å². The first-order valence-electron chi connectivity index (χ1n) is 8.75. The number of hydrogen-bond acceptors (Lipinski definition) is 4. The number of fused-ring (bicyclic) bond motifs is 1. The lowest BCUT2D eigenvalue weighted by Crippen LogP contribution is -2.45. The Kier molecular flexibility index (Phi) is 4.60. The highest BCUT2D eigenvalue weighted by Gasteiger charge is 2.60. The van der Waals surface area contributed by atoms with E-state index in [0.717, 1.165) is 11.1 Å². The van der Waals surface area contributed by atoms with Crippen LogP contribution in [0, 0.1) is 0 Å². The quantitative estimate of drug-likeness (QED) is 0.621. The predicted octanol–water partition coefficient (Wildman–Crippen LogP) is 3.83. The molecule has 1 aromatic heterocycles. The summed E-state index contributed by atoms with van der Waals surface area (Å²) in [7, 11) is 0. The number of oxime groups is 1. The van der Waals surface area contributed by atoms with E-state index in [1.54, 1.807) is 12.1 Å². The molecule has 3 N–H and O–H groups in total. The lowest BCUT2D eigenvalue weighted by atomic mass is 10.0. The van der Waals surface area contributed by atoms with Gasteiger partial charge in [0.15, 0.2) is 0 Å². The maximum atomic E-state index is 12.8. The molecule has 0 amide bonds. The number of aliphatic hydroxyl groups is 1. The van der Waals surface area contributed by atoms with Gasteiger partial charge in [0.1, 0.15) is 0 Å². The summed E-state index contributed by atoms with van der Waals surface area (Å²) in [6.45, 7) is 1.30. The second-order valence-corrected chi connectivity index (χ2v) is 6.74. The van der Waals surface area contributed by atoms with Gasteiger partial charge in [-0.05, 0) is 28.8 Å². The van der Waals surface area contributed by atoms with E-state index in [9.17, 15) is 18.3 Å². The van der Waals surface area contributed by atoms with Crippen molar-refractivity contribution in [2.45, 2.75) is 31.5 Å². The Balaban J connectivity index is 1.36. The zero-order valence-electron chi connectivity index (χ0n) is 14.8. The second kappa shape index (κ2) is 6.96. The molecule has 0 bridgehead atoms. The van der Waals surface area contributed by atoms with E-state index in [4.69, 9.17) is 0 Å². The fourth-order valence-corrected chi connectivity index (χ4v) is 3.19. The lowest BCUT2D eigenvalue weighted by molar-refractivity contribution is -0.355. The molecule has 146 valence electrons. The minimum atomic E-state index is -4.90. The van der Waals surface area contributed by atoms with Crippen LogP contribution in [0.15, 0.2) is 59.9 Å². The van der Waals surface area contributed by atoms with Crippen molar-refractivity contribution in [2.75, 3.05) is 0 Å². The highest BCUT2D eigenvalue weighted by Crippen LogP contribution is 2.38. The first-order valence-corrected chi connectivity index (χ1v) is 8.75. The summed E-state index contributed by atoms with van der Waals surface area (Å²) < 4.78 is 38.4. The van der Waals surface area contributed by atoms with Crippen LogP contribution < -0.4 is 5.32 Å². The number of aromatic nitrogens is 1. The Morgan fingerprint density at radius 2 is 1.89 bits per heavy atom. The molecule has 8 heteroatoms. The zero-order valence-corrected chi connectivity index (χ0v) is 14.8. The van der Waals surface area contributed by atoms with Crippen molar-refractivity contribution in [2.24, 2.45) is 5.16 Å². The molecule has 28 heavy (non-hydrogen) atoms. The molecule has 2 heterocycles. The van der Waals surface area contributed by atoms with Crippen molar-refractivity contribution >= 4 is 16.6 Å². The van der Waals surface area contributed by atoms with E-state index in [1.807, 2.05) is 36.5 Å². The van der Waals surface area contributed by atoms with E-state index in [-0.39, 0.29) is 5.71 Å². The molecule has 2 aromatic carbocycles. The monoisotopic (exact) mass is 389 g/mol. The lowest BCUT2D eigenvalue weighted by Gasteiger charge is -2.22. The maximum absolute atomic E-state index is 12.8. The van der Waals surface area contributed by atoms with Crippen LogP contribution in [0.3, 0.4) is 0 Å². The summed E-state index contributed by atoms with van der Waals surface area (Å²) in [5.74, 6) is -3.25. The number of nitrogens with one attached hydrogen (secondary N) is 2. The third-order valence-corrected chi connectivity index (χ3v) is 4.77. The molecule has 0 saturated carbocycles. The molecule has 0 spiro atoms. The molecule has 0 aliphatic carbocycles. The van der Waals surface area contributed by atoms with Crippen molar-refractivity contribution in [1.29, 1.82) is 0 Å². The van der Waals surface area contributed by atoms with Gasteiger partial charge < -0.3 is 20.2 Å². The van der Waals surface area contributed by atoms with E-state index < -0.39 is 18.4 Å². The van der Waals surface area contributed by atoms with Crippen LogP contribution in [0.5, 0.6) is 0 Å². The van der Waals surface area contributed by atoms with Crippen molar-refractivity contribution in [3.63, 3.8) is 0 Å². The van der Waals surface area contributed by atoms with Gasteiger partial charge in [-0.2, -0.15) is 13.2 Å². The standard InChI is InChI=1S/C20H18F3N3O2/c21-20(22,23)19(27)10-18(26-28-19)14-6-4-13(5-7-14)11-24-12-15-2-1-3-17-16(15)8-9-25-17/h1-9,24-25,27H,10-12H2. The van der Waals surface area contributed by atoms with Crippen LogP contribution in [-0.2, 0) is 17.9 Å². The van der Waals surface area contributed by atoms with Crippen molar-refractivity contribution in [1.82, 2.24) is 10.3 Å². The Bertz CT molecular complexity index is 1010. The van der Waals surface area contributed by atoms with Crippen LogP contribution in [0.4, 0.5) is 13.2 Å². The summed E-state index contributed by atoms with van der Waals surface area (Å²) in [5, 5.41) is 17.5. The third kappa shape index (κ3) is 3.48. The normalized spacial score (nSPS) is 19.6. The number of aromatic amines is 1. The predicted molar refractivity (Wildman–Crippen MR) is 98.5 cm³/mol. The number of halogens is 3. The molecule has 3 aromatic rings. The summed E-state index contributed by atoms with van der Waals surface area (Å²) in [6, 6.07) is 15.1. The van der Waals surface area contributed by atoms with Gasteiger partial charge in [0.2, 0.25) is 0 Å². The van der Waals surface area contributed by atoms with Crippen molar-refractivity contribution in [3.8, 4) is 0 Å². The average Bonchev–Trinajstić information content (AvgIpc) is 3.30. The third-order valence-electron chi connectivity index (χ3n) is 4.77. The summed E-state index contributed by atoms with van der Waals surface area (Å²) in [6.07, 6.45) is -3.72. The fourth-order valence-electron chi connectivity index (χ4n) is 3.19. The first kappa shape index (κ1) is 18.5. The highest BCUT2D eigenvalue weighted by molar-refractivity contribution is 6.01. The zero-order chi connectivity index (χ0) is 19.8. The van der Waals surface area contributed by atoms with E-state index in [1.165, 1.54) is 10.9 Å². The number of alkyl halides is 3. The van der Waals surface area contributed by atoms with Crippen molar-refractivity contribution < 1.29 is 23.1 Å². The minimum Gasteiger partial charge on any atom is -0.361 e. The Morgan fingerprint density at radius 1 is 1.11 bits per heavy atom.